The van der Waals surface area contributed by atoms with Gasteiger partial charge >= 0.3 is 0 Å². The lowest BCUT2D eigenvalue weighted by Gasteiger charge is -2.14. The molecule has 0 aliphatic heterocycles. The van der Waals surface area contributed by atoms with E-state index in [1.54, 1.807) is 0 Å². The SMILES string of the molecule is CCCCN=Cc1ccccc1OCc1ccccc1COc1ccccc1C=NCCCC. The van der Waals surface area contributed by atoms with Gasteiger partial charge in [0, 0.05) is 36.6 Å². The average Bonchev–Trinajstić information content (AvgIpc) is 2.88. The topological polar surface area (TPSA) is 43.2 Å². The largest absolute Gasteiger partial charge is 0.488 e. The molecule has 0 fully saturated rings. The maximum Gasteiger partial charge on any atom is 0.128 e. The summed E-state index contributed by atoms with van der Waals surface area (Å²) in [5.41, 5.74) is 4.22. The van der Waals surface area contributed by atoms with E-state index in [-0.39, 0.29) is 0 Å². The summed E-state index contributed by atoms with van der Waals surface area (Å²) in [5, 5.41) is 0. The Kier molecular flexibility index (Phi) is 10.9. The van der Waals surface area contributed by atoms with Gasteiger partial charge in [-0.05, 0) is 48.2 Å². The van der Waals surface area contributed by atoms with Crippen LogP contribution in [-0.2, 0) is 13.2 Å². The summed E-state index contributed by atoms with van der Waals surface area (Å²) < 4.78 is 12.4. The minimum atomic E-state index is 0.472. The minimum absolute atomic E-state index is 0.472. The second-order valence-corrected chi connectivity index (χ2v) is 8.20. The Labute approximate surface area is 204 Å². The molecule has 0 amide bonds. The monoisotopic (exact) mass is 456 g/mol. The molecule has 34 heavy (non-hydrogen) atoms. The number of rotatable bonds is 14. The van der Waals surface area contributed by atoms with Crippen molar-refractivity contribution in [3.8, 4) is 11.5 Å². The minimum Gasteiger partial charge on any atom is -0.488 e. The van der Waals surface area contributed by atoms with Gasteiger partial charge in [0.05, 0.1) is 0 Å². The number of ether oxygens (including phenoxy) is 2. The summed E-state index contributed by atoms with van der Waals surface area (Å²) in [5.74, 6) is 1.68. The molecule has 0 atom stereocenters. The van der Waals surface area contributed by atoms with Crippen LogP contribution in [0, 0.1) is 0 Å². The van der Waals surface area contributed by atoms with Crippen molar-refractivity contribution in [1.29, 1.82) is 0 Å². The fourth-order valence-electron chi connectivity index (χ4n) is 3.41. The summed E-state index contributed by atoms with van der Waals surface area (Å²) in [6.45, 7) is 6.98. The lowest BCUT2D eigenvalue weighted by Crippen LogP contribution is -2.05. The molecule has 4 heteroatoms. The van der Waals surface area contributed by atoms with Crippen molar-refractivity contribution in [2.75, 3.05) is 13.1 Å². The fraction of sp³-hybridized carbons (Fsp3) is 0.333. The van der Waals surface area contributed by atoms with Crippen LogP contribution in [-0.4, -0.2) is 25.5 Å². The molecule has 0 aliphatic rings. The Morgan fingerprint density at radius 2 is 1.00 bits per heavy atom. The molecule has 0 N–H and O–H groups in total. The maximum absolute atomic E-state index is 6.20. The molecule has 0 saturated carbocycles. The van der Waals surface area contributed by atoms with Crippen LogP contribution < -0.4 is 9.47 Å². The number of benzene rings is 3. The van der Waals surface area contributed by atoms with E-state index in [0.717, 1.165) is 72.5 Å². The van der Waals surface area contributed by atoms with Crippen molar-refractivity contribution in [2.24, 2.45) is 9.98 Å². The Hall–Kier alpha value is -3.40. The van der Waals surface area contributed by atoms with Crippen molar-refractivity contribution in [1.82, 2.24) is 0 Å². The van der Waals surface area contributed by atoms with Gasteiger partial charge in [-0.2, -0.15) is 0 Å². The van der Waals surface area contributed by atoms with E-state index in [2.05, 4.69) is 36.0 Å². The molecule has 0 aromatic heterocycles. The van der Waals surface area contributed by atoms with Crippen molar-refractivity contribution in [3.05, 3.63) is 95.1 Å². The Morgan fingerprint density at radius 1 is 0.588 bits per heavy atom. The molecule has 0 unspecified atom stereocenters. The molecule has 4 nitrogen and oxygen atoms in total. The Bertz CT molecular complexity index is 974. The molecule has 178 valence electrons. The van der Waals surface area contributed by atoms with Gasteiger partial charge in [-0.1, -0.05) is 75.2 Å². The molecule has 0 heterocycles. The summed E-state index contributed by atoms with van der Waals surface area (Å²) in [6.07, 6.45) is 8.31. The highest BCUT2D eigenvalue weighted by Gasteiger charge is 2.08. The van der Waals surface area contributed by atoms with Gasteiger partial charge in [-0.25, -0.2) is 0 Å². The molecule has 3 rings (SSSR count). The lowest BCUT2D eigenvalue weighted by molar-refractivity contribution is 0.285. The van der Waals surface area contributed by atoms with Crippen molar-refractivity contribution in [2.45, 2.75) is 52.7 Å². The fourth-order valence-corrected chi connectivity index (χ4v) is 3.41. The smallest absolute Gasteiger partial charge is 0.128 e. The highest BCUT2D eigenvalue weighted by atomic mass is 16.5. The quantitative estimate of drug-likeness (QED) is 0.189. The number of unbranched alkanes of at least 4 members (excludes halogenated alkanes) is 2. The zero-order valence-electron chi connectivity index (χ0n) is 20.5. The zero-order chi connectivity index (χ0) is 23.8. The van der Waals surface area contributed by atoms with Crippen LogP contribution in [0.4, 0.5) is 0 Å². The third-order valence-electron chi connectivity index (χ3n) is 5.47. The van der Waals surface area contributed by atoms with Gasteiger partial charge in [0.1, 0.15) is 24.7 Å². The van der Waals surface area contributed by atoms with E-state index in [1.165, 1.54) is 0 Å². The maximum atomic E-state index is 6.20. The van der Waals surface area contributed by atoms with Gasteiger partial charge in [0.2, 0.25) is 0 Å². The van der Waals surface area contributed by atoms with Crippen molar-refractivity contribution < 1.29 is 9.47 Å². The molecular weight excluding hydrogens is 420 g/mol. The molecule has 0 aliphatic carbocycles. The van der Waals surface area contributed by atoms with Crippen LogP contribution in [0.2, 0.25) is 0 Å². The van der Waals surface area contributed by atoms with Crippen LogP contribution in [0.5, 0.6) is 11.5 Å². The molecule has 0 radical (unpaired) electrons. The van der Waals surface area contributed by atoms with Gasteiger partial charge in [-0.15, -0.1) is 0 Å². The third kappa shape index (κ3) is 8.18. The zero-order valence-corrected chi connectivity index (χ0v) is 20.5. The number of aliphatic imine (C=N–C) groups is 2. The van der Waals surface area contributed by atoms with Gasteiger partial charge in [-0.3, -0.25) is 9.98 Å². The number of hydrogen-bond donors (Lipinski definition) is 0. The van der Waals surface area contributed by atoms with E-state index in [0.29, 0.717) is 13.2 Å². The summed E-state index contributed by atoms with van der Waals surface area (Å²) in [4.78, 5) is 9.06. The van der Waals surface area contributed by atoms with Crippen molar-refractivity contribution in [3.63, 3.8) is 0 Å². The van der Waals surface area contributed by atoms with Crippen LogP contribution in [0.3, 0.4) is 0 Å². The predicted octanol–water partition coefficient (Wildman–Crippen LogP) is 7.28. The first-order valence-corrected chi connectivity index (χ1v) is 12.3. The van der Waals surface area contributed by atoms with Crippen LogP contribution in [0.25, 0.3) is 0 Å². The summed E-state index contributed by atoms with van der Waals surface area (Å²) in [7, 11) is 0. The predicted molar refractivity (Wildman–Crippen MR) is 143 cm³/mol. The molecule has 0 spiro atoms. The van der Waals surface area contributed by atoms with E-state index < -0.39 is 0 Å². The molecule has 3 aromatic rings. The second-order valence-electron chi connectivity index (χ2n) is 8.20. The Morgan fingerprint density at radius 3 is 1.44 bits per heavy atom. The Balaban J connectivity index is 1.65. The van der Waals surface area contributed by atoms with Gasteiger partial charge < -0.3 is 9.47 Å². The number of para-hydroxylation sites is 2. The third-order valence-corrected chi connectivity index (χ3v) is 5.47. The average molecular weight is 457 g/mol. The van der Waals surface area contributed by atoms with E-state index >= 15 is 0 Å². The number of hydrogen-bond acceptors (Lipinski definition) is 4. The normalized spacial score (nSPS) is 11.4. The first-order chi connectivity index (χ1) is 16.8. The summed E-state index contributed by atoms with van der Waals surface area (Å²) >= 11 is 0. The molecule has 3 aromatic carbocycles. The first kappa shape index (κ1) is 25.2. The molecule has 0 saturated heterocycles. The van der Waals surface area contributed by atoms with Crippen LogP contribution >= 0.6 is 0 Å². The summed E-state index contributed by atoms with van der Waals surface area (Å²) in [6, 6.07) is 24.3. The first-order valence-electron chi connectivity index (χ1n) is 12.3. The number of nitrogens with zero attached hydrogens (tertiary/aromatic N) is 2. The second kappa shape index (κ2) is 14.7. The van der Waals surface area contributed by atoms with Crippen LogP contribution in [0.1, 0.15) is 61.8 Å². The van der Waals surface area contributed by atoms with E-state index in [9.17, 15) is 0 Å². The van der Waals surface area contributed by atoms with Gasteiger partial charge in [0.25, 0.3) is 0 Å². The molecule has 0 bridgehead atoms. The lowest BCUT2D eigenvalue weighted by atomic mass is 10.1. The highest BCUT2D eigenvalue weighted by molar-refractivity contribution is 5.84. The molecular formula is C30H36N2O2. The van der Waals surface area contributed by atoms with E-state index in [1.807, 2.05) is 73.1 Å². The highest BCUT2D eigenvalue weighted by Crippen LogP contribution is 2.22. The van der Waals surface area contributed by atoms with E-state index in [4.69, 9.17) is 9.47 Å². The van der Waals surface area contributed by atoms with Crippen LogP contribution in [0.15, 0.2) is 82.8 Å². The standard InChI is InChI=1S/C30H36N2O2/c1-3-5-19-31-21-25-13-9-11-17-29(25)33-23-27-15-7-8-16-28(27)24-34-30-18-12-10-14-26(30)22-32-20-6-4-2/h7-18,21-22H,3-6,19-20,23-24H2,1-2H3. The van der Waals surface area contributed by atoms with Gasteiger partial charge in [0.15, 0.2) is 0 Å². The van der Waals surface area contributed by atoms with Crippen molar-refractivity contribution >= 4 is 12.4 Å².